The number of ether oxygens (including phenoxy) is 1. The van der Waals surface area contributed by atoms with E-state index in [0.717, 1.165) is 0 Å². The van der Waals surface area contributed by atoms with E-state index in [-0.39, 0.29) is 24.5 Å². The first-order chi connectivity index (χ1) is 8.43. The van der Waals surface area contributed by atoms with Gasteiger partial charge in [-0.3, -0.25) is 14.9 Å². The maximum atomic E-state index is 10.8. The Morgan fingerprint density at radius 3 is 2.78 bits per heavy atom. The summed E-state index contributed by atoms with van der Waals surface area (Å²) in [6, 6.07) is 3.65. The Labute approximate surface area is 111 Å². The molecule has 0 spiro atoms. The fourth-order valence-electron chi connectivity index (χ4n) is 1.21. The molecule has 1 rings (SSSR count). The largest absolute Gasteiger partial charge is 0.486 e. The van der Waals surface area contributed by atoms with Gasteiger partial charge in [-0.15, -0.1) is 0 Å². The number of nitrogens with zero attached hydrogens (tertiary/aromatic N) is 1. The Bertz CT molecular complexity index is 466. The third-order valence-corrected chi connectivity index (χ3v) is 2.81. The number of halogens is 1. The molecule has 0 saturated carbocycles. The van der Waals surface area contributed by atoms with Gasteiger partial charge in [0.15, 0.2) is 0 Å². The van der Waals surface area contributed by atoms with Gasteiger partial charge in [-0.05, 0) is 22.0 Å². The van der Waals surface area contributed by atoms with Crippen molar-refractivity contribution >= 4 is 27.5 Å². The van der Waals surface area contributed by atoms with Crippen LogP contribution in [0.2, 0.25) is 0 Å². The number of carbonyl (C=O) groups excluding carboxylic acids is 1. The van der Waals surface area contributed by atoms with E-state index in [0.29, 0.717) is 4.47 Å². The van der Waals surface area contributed by atoms with Crippen LogP contribution < -0.4 is 16.2 Å². The molecule has 98 valence electrons. The van der Waals surface area contributed by atoms with Crippen LogP contribution in [-0.4, -0.2) is 23.5 Å². The van der Waals surface area contributed by atoms with E-state index in [9.17, 15) is 14.9 Å². The van der Waals surface area contributed by atoms with Crippen LogP contribution in [-0.2, 0) is 4.79 Å². The van der Waals surface area contributed by atoms with E-state index in [1.807, 2.05) is 0 Å². The number of amides is 1. The maximum absolute atomic E-state index is 10.8. The van der Waals surface area contributed by atoms with Gasteiger partial charge in [-0.1, -0.05) is 6.07 Å². The zero-order chi connectivity index (χ0) is 13.7. The number of nitro groups is 1. The van der Waals surface area contributed by atoms with Crippen molar-refractivity contribution in [3.63, 3.8) is 0 Å². The maximum Gasteiger partial charge on any atom is 0.312 e. The Morgan fingerprint density at radius 2 is 2.22 bits per heavy atom. The summed E-state index contributed by atoms with van der Waals surface area (Å²) in [6.45, 7) is 0.0631. The van der Waals surface area contributed by atoms with Crippen molar-refractivity contribution in [2.75, 3.05) is 6.61 Å². The number of nitrogens with two attached hydrogens (primary N) is 2. The third-order valence-electron chi connectivity index (χ3n) is 2.18. The Hall–Kier alpha value is -1.67. The number of rotatable bonds is 6. The molecule has 0 aliphatic carbocycles. The number of hydrogen-bond donors (Lipinski definition) is 2. The summed E-state index contributed by atoms with van der Waals surface area (Å²) < 4.78 is 5.74. The van der Waals surface area contributed by atoms with Gasteiger partial charge in [-0.25, -0.2) is 0 Å². The van der Waals surface area contributed by atoms with Crippen LogP contribution in [0, 0.1) is 10.1 Å². The van der Waals surface area contributed by atoms with Crippen molar-refractivity contribution in [2.45, 2.75) is 12.5 Å². The average Bonchev–Trinajstić information content (AvgIpc) is 2.30. The zero-order valence-electron chi connectivity index (χ0n) is 9.34. The molecular weight excluding hydrogens is 306 g/mol. The van der Waals surface area contributed by atoms with Crippen LogP contribution in [0.15, 0.2) is 22.7 Å². The minimum absolute atomic E-state index is 0.0631. The summed E-state index contributed by atoms with van der Waals surface area (Å²) >= 11 is 3.16. The van der Waals surface area contributed by atoms with Crippen LogP contribution in [0.4, 0.5) is 5.69 Å². The molecule has 7 nitrogen and oxygen atoms in total. The predicted molar refractivity (Wildman–Crippen MR) is 68.1 cm³/mol. The molecule has 0 aromatic heterocycles. The van der Waals surface area contributed by atoms with Gasteiger partial charge in [0, 0.05) is 12.5 Å². The second-order valence-corrected chi connectivity index (χ2v) is 4.35. The number of para-hydroxylation sites is 1. The van der Waals surface area contributed by atoms with E-state index in [1.165, 1.54) is 12.1 Å². The lowest BCUT2D eigenvalue weighted by atomic mass is 10.2. The molecule has 1 unspecified atom stereocenters. The molecule has 0 radical (unpaired) electrons. The highest BCUT2D eigenvalue weighted by atomic mass is 79.9. The molecule has 1 aromatic rings. The highest BCUT2D eigenvalue weighted by molar-refractivity contribution is 9.10. The Morgan fingerprint density at radius 1 is 1.56 bits per heavy atom. The van der Waals surface area contributed by atoms with Gasteiger partial charge in [-0.2, -0.15) is 0 Å². The van der Waals surface area contributed by atoms with Crippen molar-refractivity contribution in [2.24, 2.45) is 11.5 Å². The van der Waals surface area contributed by atoms with E-state index in [2.05, 4.69) is 15.9 Å². The molecule has 1 atom stereocenters. The molecule has 0 bridgehead atoms. The number of primary amides is 1. The quantitative estimate of drug-likeness (QED) is 0.597. The average molecular weight is 318 g/mol. The van der Waals surface area contributed by atoms with Crippen molar-refractivity contribution < 1.29 is 14.5 Å². The Balaban J connectivity index is 2.72. The molecule has 8 heteroatoms. The van der Waals surface area contributed by atoms with Crippen LogP contribution in [0.25, 0.3) is 0 Å². The lowest BCUT2D eigenvalue weighted by Gasteiger charge is -2.10. The van der Waals surface area contributed by atoms with Gasteiger partial charge in [0.1, 0.15) is 0 Å². The summed E-state index contributed by atoms with van der Waals surface area (Å²) in [5.74, 6) is -0.528. The normalized spacial score (nSPS) is 11.9. The number of carbonyl (C=O) groups is 1. The van der Waals surface area contributed by atoms with Crippen LogP contribution in [0.3, 0.4) is 0 Å². The fourth-order valence-corrected chi connectivity index (χ4v) is 1.68. The van der Waals surface area contributed by atoms with Crippen molar-refractivity contribution in [1.82, 2.24) is 0 Å². The number of nitro benzene ring substituents is 1. The summed E-state index contributed by atoms with van der Waals surface area (Å²) in [5.41, 5.74) is 10.2. The van der Waals surface area contributed by atoms with Gasteiger partial charge < -0.3 is 16.2 Å². The first-order valence-corrected chi connectivity index (χ1v) is 5.83. The lowest BCUT2D eigenvalue weighted by molar-refractivity contribution is -0.386. The molecule has 1 amide bonds. The van der Waals surface area contributed by atoms with Gasteiger partial charge in [0.05, 0.1) is 22.0 Å². The van der Waals surface area contributed by atoms with Crippen molar-refractivity contribution in [3.05, 3.63) is 32.8 Å². The zero-order valence-corrected chi connectivity index (χ0v) is 10.9. The molecule has 0 saturated heterocycles. The van der Waals surface area contributed by atoms with Gasteiger partial charge in [0.2, 0.25) is 11.7 Å². The Kier molecular flexibility index (Phi) is 5.05. The molecule has 0 aliphatic rings. The second-order valence-electron chi connectivity index (χ2n) is 3.49. The summed E-state index contributed by atoms with van der Waals surface area (Å²) in [5, 5.41) is 10.8. The van der Waals surface area contributed by atoms with Crippen molar-refractivity contribution in [1.29, 1.82) is 0 Å². The SMILES string of the molecule is NC(=O)C(N)CCOc1c(Br)cccc1[N+](=O)[O-]. The van der Waals surface area contributed by atoms with Gasteiger partial charge in [0.25, 0.3) is 0 Å². The predicted octanol–water partition coefficient (Wildman–Crippen LogP) is 0.939. The molecule has 0 fully saturated rings. The van der Waals surface area contributed by atoms with Crippen molar-refractivity contribution in [3.8, 4) is 5.75 Å². The molecular formula is C10H12BrN3O4. The molecule has 4 N–H and O–H groups in total. The summed E-state index contributed by atoms with van der Waals surface area (Å²) in [4.78, 5) is 20.9. The second kappa shape index (κ2) is 6.31. The first kappa shape index (κ1) is 14.4. The summed E-state index contributed by atoms with van der Waals surface area (Å²) in [6.07, 6.45) is 0.188. The van der Waals surface area contributed by atoms with E-state index in [4.69, 9.17) is 16.2 Å². The highest BCUT2D eigenvalue weighted by Gasteiger charge is 2.18. The fraction of sp³-hybridized carbons (Fsp3) is 0.300. The number of benzene rings is 1. The smallest absolute Gasteiger partial charge is 0.312 e. The van der Waals surface area contributed by atoms with Gasteiger partial charge >= 0.3 is 5.69 Å². The van der Waals surface area contributed by atoms with Crippen LogP contribution in [0.1, 0.15) is 6.42 Å². The topological polar surface area (TPSA) is 121 Å². The lowest BCUT2D eigenvalue weighted by Crippen LogP contribution is -2.37. The minimum atomic E-state index is -0.827. The van der Waals surface area contributed by atoms with Crippen LogP contribution >= 0.6 is 15.9 Å². The third kappa shape index (κ3) is 3.67. The molecule has 0 heterocycles. The van der Waals surface area contributed by atoms with E-state index in [1.54, 1.807) is 6.07 Å². The van der Waals surface area contributed by atoms with Crippen LogP contribution in [0.5, 0.6) is 5.75 Å². The molecule has 18 heavy (non-hydrogen) atoms. The monoisotopic (exact) mass is 317 g/mol. The highest BCUT2D eigenvalue weighted by Crippen LogP contribution is 2.34. The van der Waals surface area contributed by atoms with E-state index >= 15 is 0 Å². The first-order valence-electron chi connectivity index (χ1n) is 5.04. The number of hydrogen-bond acceptors (Lipinski definition) is 5. The summed E-state index contributed by atoms with van der Waals surface area (Å²) in [7, 11) is 0. The minimum Gasteiger partial charge on any atom is -0.486 e. The standard InChI is InChI=1S/C10H12BrN3O4/c11-6-2-1-3-8(14(16)17)9(6)18-5-4-7(12)10(13)15/h1-3,7H,4-5,12H2,(H2,13,15). The molecule has 1 aromatic carbocycles. The molecule has 0 aliphatic heterocycles. The van der Waals surface area contributed by atoms with E-state index < -0.39 is 16.9 Å².